The van der Waals surface area contributed by atoms with Crippen LogP contribution in [-0.4, -0.2) is 34.5 Å². The van der Waals surface area contributed by atoms with Gasteiger partial charge in [-0.3, -0.25) is 0 Å². The fourth-order valence-corrected chi connectivity index (χ4v) is 7.94. The zero-order valence-electron chi connectivity index (χ0n) is 16.5. The van der Waals surface area contributed by atoms with E-state index in [0.717, 1.165) is 50.5 Å². The van der Waals surface area contributed by atoms with Crippen molar-refractivity contribution in [3.05, 3.63) is 23.8 Å². The topological polar surface area (TPSA) is 66.8 Å². The minimum Gasteiger partial charge on any atom is -0.458 e. The SMILES string of the molecule is C[C@]12C=C[C@H](O)C[C@H]1CC[C@@H]1[C@@H]2CC[C@]2(C)[C@@H](C3=CC(=O)OC3)CC[C@]12O. The molecule has 4 nitrogen and oxygen atoms in total. The fourth-order valence-electron chi connectivity index (χ4n) is 7.94. The maximum atomic E-state index is 12.1. The second-order valence-corrected chi connectivity index (χ2v) is 10.3. The molecule has 4 heteroatoms. The summed E-state index contributed by atoms with van der Waals surface area (Å²) in [6.07, 6.45) is 12.5. The summed E-state index contributed by atoms with van der Waals surface area (Å²) in [5.41, 5.74) is 0.348. The number of cyclic esters (lactones) is 1. The number of ether oxygens (including phenoxy) is 1. The molecule has 1 aliphatic heterocycles. The molecule has 27 heavy (non-hydrogen) atoms. The van der Waals surface area contributed by atoms with Crippen LogP contribution in [0.25, 0.3) is 0 Å². The highest BCUT2D eigenvalue weighted by Gasteiger charge is 2.67. The molecule has 0 amide bonds. The lowest BCUT2D eigenvalue weighted by molar-refractivity contribution is -0.193. The Hall–Kier alpha value is -1.13. The molecule has 0 saturated heterocycles. The minimum absolute atomic E-state index is 0.0863. The normalized spacial score (nSPS) is 54.0. The number of esters is 1. The lowest BCUT2D eigenvalue weighted by Gasteiger charge is -2.62. The van der Waals surface area contributed by atoms with Gasteiger partial charge in [-0.25, -0.2) is 4.79 Å². The highest BCUT2D eigenvalue weighted by Crippen LogP contribution is 2.69. The number of carbonyl (C=O) groups is 1. The lowest BCUT2D eigenvalue weighted by atomic mass is 9.44. The quantitative estimate of drug-likeness (QED) is 0.547. The van der Waals surface area contributed by atoms with Crippen molar-refractivity contribution in [2.75, 3.05) is 6.61 Å². The summed E-state index contributed by atoms with van der Waals surface area (Å²) in [6.45, 7) is 5.03. The van der Waals surface area contributed by atoms with Gasteiger partial charge >= 0.3 is 5.97 Å². The highest BCUT2D eigenvalue weighted by atomic mass is 16.5. The summed E-state index contributed by atoms with van der Waals surface area (Å²) in [7, 11) is 0. The van der Waals surface area contributed by atoms with Gasteiger partial charge in [-0.05, 0) is 79.6 Å². The fraction of sp³-hybridized carbons (Fsp3) is 0.783. The van der Waals surface area contributed by atoms with E-state index >= 15 is 0 Å². The molecule has 5 rings (SSSR count). The van der Waals surface area contributed by atoms with E-state index in [1.807, 2.05) is 6.08 Å². The number of carbonyl (C=O) groups excluding carboxylic acids is 1. The van der Waals surface area contributed by atoms with E-state index in [2.05, 4.69) is 19.9 Å². The predicted molar refractivity (Wildman–Crippen MR) is 102 cm³/mol. The first-order chi connectivity index (χ1) is 12.8. The maximum Gasteiger partial charge on any atom is 0.331 e. The van der Waals surface area contributed by atoms with Crippen molar-refractivity contribution in [1.29, 1.82) is 0 Å². The van der Waals surface area contributed by atoms with Gasteiger partial charge in [-0.2, -0.15) is 0 Å². The van der Waals surface area contributed by atoms with Gasteiger partial charge < -0.3 is 14.9 Å². The maximum absolute atomic E-state index is 12.1. The molecule has 3 fully saturated rings. The van der Waals surface area contributed by atoms with Gasteiger partial charge in [-0.1, -0.05) is 26.0 Å². The highest BCUT2D eigenvalue weighted by molar-refractivity contribution is 5.85. The van der Waals surface area contributed by atoms with Crippen LogP contribution in [0.2, 0.25) is 0 Å². The van der Waals surface area contributed by atoms with Crippen LogP contribution >= 0.6 is 0 Å². The molecule has 0 aromatic heterocycles. The molecule has 8 atom stereocenters. The molecule has 0 spiro atoms. The first-order valence-corrected chi connectivity index (χ1v) is 10.7. The number of hydrogen-bond donors (Lipinski definition) is 2. The number of hydrogen-bond acceptors (Lipinski definition) is 4. The Morgan fingerprint density at radius 1 is 1.11 bits per heavy atom. The van der Waals surface area contributed by atoms with Crippen molar-refractivity contribution in [3.8, 4) is 0 Å². The molecular formula is C23H32O4. The molecule has 148 valence electrons. The number of fused-ring (bicyclic) bond motifs is 5. The van der Waals surface area contributed by atoms with E-state index in [-0.39, 0.29) is 28.8 Å². The van der Waals surface area contributed by atoms with Gasteiger partial charge in [-0.15, -0.1) is 0 Å². The molecule has 1 heterocycles. The minimum atomic E-state index is -0.662. The van der Waals surface area contributed by atoms with Crippen LogP contribution in [0.15, 0.2) is 23.8 Å². The number of rotatable bonds is 1. The standard InChI is InChI=1S/C23H32O4/c1-21-8-5-16(24)12-15(21)3-4-19-18(21)6-9-22(2)17(7-10-23(19,22)26)14-11-20(25)27-13-14/h5,8,11,15-19,24,26H,3-4,6-7,9-10,12-13H2,1-2H3/t15-,16+,17-,18+,19-,21+,22-,23+/m1/s1. The molecule has 0 unspecified atom stereocenters. The van der Waals surface area contributed by atoms with Crippen molar-refractivity contribution >= 4 is 5.97 Å². The van der Waals surface area contributed by atoms with Crippen LogP contribution in [0.5, 0.6) is 0 Å². The van der Waals surface area contributed by atoms with Gasteiger partial charge in [0.05, 0.1) is 11.7 Å². The van der Waals surface area contributed by atoms with Gasteiger partial charge in [0, 0.05) is 11.5 Å². The largest absolute Gasteiger partial charge is 0.458 e. The molecule has 3 saturated carbocycles. The van der Waals surface area contributed by atoms with Crippen molar-refractivity contribution in [2.45, 2.75) is 70.5 Å². The molecule has 0 aromatic carbocycles. The first kappa shape index (κ1) is 17.9. The Morgan fingerprint density at radius 2 is 1.93 bits per heavy atom. The van der Waals surface area contributed by atoms with E-state index in [4.69, 9.17) is 4.74 Å². The Bertz CT molecular complexity index is 726. The summed E-state index contributed by atoms with van der Waals surface area (Å²) >= 11 is 0. The second-order valence-electron chi connectivity index (χ2n) is 10.3. The molecule has 4 aliphatic carbocycles. The summed E-state index contributed by atoms with van der Waals surface area (Å²) < 4.78 is 5.19. The van der Waals surface area contributed by atoms with Crippen molar-refractivity contribution in [1.82, 2.24) is 0 Å². The molecule has 0 bridgehead atoms. The third-order valence-corrected chi connectivity index (χ3v) is 9.49. The van der Waals surface area contributed by atoms with Crippen molar-refractivity contribution in [3.63, 3.8) is 0 Å². The van der Waals surface area contributed by atoms with Gasteiger partial charge in [0.15, 0.2) is 0 Å². The summed E-state index contributed by atoms with van der Waals surface area (Å²) in [4.78, 5) is 11.6. The van der Waals surface area contributed by atoms with Crippen LogP contribution in [0.1, 0.15) is 58.8 Å². The molecule has 5 aliphatic rings. The van der Waals surface area contributed by atoms with Crippen LogP contribution in [0.4, 0.5) is 0 Å². The molecule has 2 N–H and O–H groups in total. The van der Waals surface area contributed by atoms with Crippen LogP contribution in [0, 0.1) is 34.5 Å². The molecule has 0 aromatic rings. The monoisotopic (exact) mass is 372 g/mol. The average molecular weight is 373 g/mol. The third-order valence-electron chi connectivity index (χ3n) is 9.49. The Labute approximate surface area is 161 Å². The summed E-state index contributed by atoms with van der Waals surface area (Å²) in [5.74, 6) is 1.33. The Balaban J connectivity index is 1.49. The van der Waals surface area contributed by atoms with Crippen molar-refractivity contribution < 1.29 is 19.7 Å². The van der Waals surface area contributed by atoms with Gasteiger partial charge in [0.1, 0.15) is 6.61 Å². The Kier molecular flexibility index (Phi) is 3.78. The second kappa shape index (κ2) is 5.70. The number of aliphatic hydroxyl groups excluding tert-OH is 1. The summed E-state index contributed by atoms with van der Waals surface area (Å²) in [6, 6.07) is 0. The smallest absolute Gasteiger partial charge is 0.331 e. The van der Waals surface area contributed by atoms with Crippen LogP contribution in [0.3, 0.4) is 0 Å². The van der Waals surface area contributed by atoms with Crippen LogP contribution in [-0.2, 0) is 9.53 Å². The molecular weight excluding hydrogens is 340 g/mol. The average Bonchev–Trinajstić information content (AvgIpc) is 3.16. The van der Waals surface area contributed by atoms with Crippen LogP contribution < -0.4 is 0 Å². The zero-order valence-corrected chi connectivity index (χ0v) is 16.5. The summed E-state index contributed by atoms with van der Waals surface area (Å²) in [5, 5.41) is 22.2. The van der Waals surface area contributed by atoms with E-state index in [1.165, 1.54) is 0 Å². The van der Waals surface area contributed by atoms with E-state index in [1.54, 1.807) is 6.08 Å². The molecule has 0 radical (unpaired) electrons. The van der Waals surface area contributed by atoms with E-state index in [0.29, 0.717) is 24.4 Å². The van der Waals surface area contributed by atoms with Crippen molar-refractivity contribution in [2.24, 2.45) is 34.5 Å². The zero-order chi connectivity index (χ0) is 19.0. The van der Waals surface area contributed by atoms with E-state index < -0.39 is 5.60 Å². The Morgan fingerprint density at radius 3 is 2.67 bits per heavy atom. The number of aliphatic hydroxyl groups is 2. The number of allylic oxidation sites excluding steroid dienone is 1. The van der Waals surface area contributed by atoms with Gasteiger partial charge in [0.2, 0.25) is 0 Å². The van der Waals surface area contributed by atoms with Gasteiger partial charge in [0.25, 0.3) is 0 Å². The first-order valence-electron chi connectivity index (χ1n) is 10.7. The predicted octanol–water partition coefficient (Wildman–Crippen LogP) is 3.38. The lowest BCUT2D eigenvalue weighted by Crippen LogP contribution is -2.61. The third kappa shape index (κ3) is 2.26. The van der Waals surface area contributed by atoms with E-state index in [9.17, 15) is 15.0 Å².